The number of benzene rings is 1. The van der Waals surface area contributed by atoms with Crippen molar-refractivity contribution in [3.63, 3.8) is 0 Å². The molecule has 29 heavy (non-hydrogen) atoms. The van der Waals surface area contributed by atoms with Gasteiger partial charge in [-0.1, -0.05) is 34.8 Å². The second-order valence-corrected chi connectivity index (χ2v) is 7.03. The Bertz CT molecular complexity index is 1300. The summed E-state index contributed by atoms with van der Waals surface area (Å²) in [5.41, 5.74) is 8.19. The van der Waals surface area contributed by atoms with E-state index in [1.165, 1.54) is 10.5 Å². The van der Waals surface area contributed by atoms with Gasteiger partial charge in [-0.2, -0.15) is 0 Å². The monoisotopic (exact) mass is 408 g/mol. The summed E-state index contributed by atoms with van der Waals surface area (Å²) in [6.07, 6.45) is 1.65. The first-order chi connectivity index (χ1) is 14.0. The predicted octanol–water partition coefficient (Wildman–Crippen LogP) is 2.17. The van der Waals surface area contributed by atoms with E-state index in [-0.39, 0.29) is 22.8 Å². The number of carbonyl (C=O) groups excluding carboxylic acids is 1. The Morgan fingerprint density at radius 1 is 1.24 bits per heavy atom. The average molecular weight is 409 g/mol. The lowest BCUT2D eigenvalue weighted by Crippen LogP contribution is -2.43. The number of hydrogen-bond donors (Lipinski definition) is 2. The number of rotatable bonds is 4. The molecule has 4 aromatic rings. The predicted molar refractivity (Wildman–Crippen MR) is 112 cm³/mol. The minimum atomic E-state index is -0.339. The third-order valence-electron chi connectivity index (χ3n) is 4.70. The number of nitrogen functional groups attached to an aromatic ring is 1. The van der Waals surface area contributed by atoms with Crippen LogP contribution in [-0.4, -0.2) is 21.8 Å². The number of nitrogens with zero attached hydrogens (tertiary/aromatic N) is 3. The van der Waals surface area contributed by atoms with Crippen molar-refractivity contribution in [3.8, 4) is 0 Å². The van der Waals surface area contributed by atoms with Crippen LogP contribution >= 0.6 is 11.6 Å². The lowest BCUT2D eigenvalue weighted by atomic mass is 10.1. The zero-order valence-corrected chi connectivity index (χ0v) is 16.5. The van der Waals surface area contributed by atoms with Crippen LogP contribution in [0.25, 0.3) is 16.7 Å². The standard InChI is InChI=1S/C21H18ClN5O2/c1-2-24-20(28)15-11-16-19(25-17-5-3-4-10-26(17)21(16)29)27(18(15)23)12-13-6-8-14(22)9-7-13/h3-11,23H,2,12H2,1H3,(H,24,28)/p+1. The average Bonchev–Trinajstić information content (AvgIpc) is 2.72. The molecule has 0 bridgehead atoms. The van der Waals surface area contributed by atoms with Crippen molar-refractivity contribution in [3.05, 3.63) is 81.2 Å². The molecular weight excluding hydrogens is 390 g/mol. The van der Waals surface area contributed by atoms with Gasteiger partial charge in [0.1, 0.15) is 10.9 Å². The molecule has 7 nitrogen and oxygen atoms in total. The van der Waals surface area contributed by atoms with Gasteiger partial charge in [-0.15, -0.1) is 0 Å². The van der Waals surface area contributed by atoms with Crippen LogP contribution in [0.2, 0.25) is 5.02 Å². The molecule has 0 unspecified atom stereocenters. The van der Waals surface area contributed by atoms with Crippen LogP contribution in [0.4, 0.5) is 5.82 Å². The van der Waals surface area contributed by atoms with Gasteiger partial charge in [-0.3, -0.25) is 14.0 Å². The van der Waals surface area contributed by atoms with E-state index < -0.39 is 0 Å². The minimum absolute atomic E-state index is 0.239. The number of carbonyl (C=O) groups is 1. The van der Waals surface area contributed by atoms with Crippen LogP contribution in [0.5, 0.6) is 0 Å². The van der Waals surface area contributed by atoms with Gasteiger partial charge in [0.15, 0.2) is 0 Å². The molecule has 3 aromatic heterocycles. The van der Waals surface area contributed by atoms with Gasteiger partial charge in [-0.25, -0.2) is 4.57 Å². The molecule has 0 radical (unpaired) electrons. The molecule has 0 atom stereocenters. The molecule has 0 saturated carbocycles. The van der Waals surface area contributed by atoms with Gasteiger partial charge >= 0.3 is 0 Å². The summed E-state index contributed by atoms with van der Waals surface area (Å²) in [6, 6.07) is 14.1. The zero-order chi connectivity index (χ0) is 20.5. The molecule has 3 N–H and O–H groups in total. The summed E-state index contributed by atoms with van der Waals surface area (Å²) in [5, 5.41) is 3.68. The Morgan fingerprint density at radius 2 is 2.00 bits per heavy atom. The first kappa shape index (κ1) is 18.9. The summed E-state index contributed by atoms with van der Waals surface area (Å²) >= 11 is 5.99. The first-order valence-electron chi connectivity index (χ1n) is 9.15. The molecule has 0 fully saturated rings. The van der Waals surface area contributed by atoms with Crippen LogP contribution in [0.1, 0.15) is 22.8 Å². The number of nitrogens with two attached hydrogens (primary N) is 1. The van der Waals surface area contributed by atoms with Crippen molar-refractivity contribution in [1.82, 2.24) is 14.7 Å². The second-order valence-electron chi connectivity index (χ2n) is 6.60. The Hall–Kier alpha value is -3.45. The number of fused-ring (bicyclic) bond motifs is 2. The molecule has 0 aliphatic rings. The first-order valence-corrected chi connectivity index (χ1v) is 9.53. The van der Waals surface area contributed by atoms with Gasteiger partial charge < -0.3 is 11.1 Å². The maximum absolute atomic E-state index is 13.1. The number of halogens is 1. The largest absolute Gasteiger partial charge is 0.352 e. The molecule has 146 valence electrons. The van der Waals surface area contributed by atoms with Crippen LogP contribution in [0.3, 0.4) is 0 Å². The topological polar surface area (TPSA) is 93.4 Å². The molecule has 1 amide bonds. The summed E-state index contributed by atoms with van der Waals surface area (Å²) in [5.74, 6) is -0.0973. The van der Waals surface area contributed by atoms with E-state index in [9.17, 15) is 9.59 Å². The fraction of sp³-hybridized carbons (Fsp3) is 0.143. The highest BCUT2D eigenvalue weighted by molar-refractivity contribution is 6.30. The number of amides is 1. The highest BCUT2D eigenvalue weighted by atomic mass is 35.5. The molecule has 8 heteroatoms. The summed E-state index contributed by atoms with van der Waals surface area (Å²) in [6.45, 7) is 2.60. The third kappa shape index (κ3) is 3.40. The number of pyridine rings is 2. The van der Waals surface area contributed by atoms with Gasteiger partial charge in [0.25, 0.3) is 17.1 Å². The second kappa shape index (κ2) is 7.52. The normalized spacial score (nSPS) is 11.1. The Morgan fingerprint density at radius 3 is 2.72 bits per heavy atom. The van der Waals surface area contributed by atoms with Crippen molar-refractivity contribution < 1.29 is 9.36 Å². The van der Waals surface area contributed by atoms with Crippen LogP contribution in [0, 0.1) is 0 Å². The molecule has 3 heterocycles. The van der Waals surface area contributed by atoms with Crippen molar-refractivity contribution in [2.45, 2.75) is 13.5 Å². The summed E-state index contributed by atoms with van der Waals surface area (Å²) in [4.78, 5) is 30.3. The molecule has 0 aliphatic heterocycles. The van der Waals surface area contributed by atoms with Gasteiger partial charge in [0.05, 0.1) is 6.54 Å². The van der Waals surface area contributed by atoms with E-state index in [0.29, 0.717) is 34.8 Å². The Balaban J connectivity index is 2.04. The summed E-state index contributed by atoms with van der Waals surface area (Å²) in [7, 11) is 0. The van der Waals surface area contributed by atoms with Crippen molar-refractivity contribution >= 4 is 40.0 Å². The van der Waals surface area contributed by atoms with Crippen LogP contribution in [0.15, 0.2) is 59.5 Å². The molecule has 1 aromatic carbocycles. The Labute approximate surface area is 171 Å². The minimum Gasteiger partial charge on any atom is -0.352 e. The highest BCUT2D eigenvalue weighted by Crippen LogP contribution is 2.16. The quantitative estimate of drug-likeness (QED) is 0.399. The van der Waals surface area contributed by atoms with Gasteiger partial charge in [0, 0.05) is 17.8 Å². The van der Waals surface area contributed by atoms with E-state index in [0.717, 1.165) is 5.56 Å². The van der Waals surface area contributed by atoms with E-state index in [1.54, 1.807) is 35.0 Å². The van der Waals surface area contributed by atoms with Crippen molar-refractivity contribution in [1.29, 1.82) is 0 Å². The van der Waals surface area contributed by atoms with E-state index in [4.69, 9.17) is 17.3 Å². The maximum atomic E-state index is 13.1. The van der Waals surface area contributed by atoms with Crippen LogP contribution < -0.4 is 21.2 Å². The summed E-state index contributed by atoms with van der Waals surface area (Å²) < 4.78 is 3.14. The third-order valence-corrected chi connectivity index (χ3v) is 4.95. The van der Waals surface area contributed by atoms with Crippen molar-refractivity contribution in [2.75, 3.05) is 12.3 Å². The fourth-order valence-corrected chi connectivity index (χ4v) is 3.40. The molecule has 0 spiro atoms. The molecule has 0 aliphatic carbocycles. The number of nitrogens with one attached hydrogen (secondary N) is 1. The lowest BCUT2D eigenvalue weighted by Gasteiger charge is -2.12. The Kier molecular flexibility index (Phi) is 4.90. The molecule has 0 saturated heterocycles. The van der Waals surface area contributed by atoms with E-state index in [2.05, 4.69) is 10.3 Å². The number of anilines is 1. The molecular formula is C21H19ClN5O2+. The smallest absolute Gasteiger partial charge is 0.278 e. The van der Waals surface area contributed by atoms with Crippen molar-refractivity contribution in [2.24, 2.45) is 0 Å². The van der Waals surface area contributed by atoms with Gasteiger partial charge in [-0.05, 0) is 42.8 Å². The zero-order valence-electron chi connectivity index (χ0n) is 15.7. The van der Waals surface area contributed by atoms with Gasteiger partial charge in [0.2, 0.25) is 11.5 Å². The lowest BCUT2D eigenvalue weighted by molar-refractivity contribution is -0.649. The van der Waals surface area contributed by atoms with Crippen LogP contribution in [-0.2, 0) is 6.54 Å². The maximum Gasteiger partial charge on any atom is 0.278 e. The molecule has 4 rings (SSSR count). The number of aromatic nitrogens is 3. The highest BCUT2D eigenvalue weighted by Gasteiger charge is 2.24. The van der Waals surface area contributed by atoms with E-state index in [1.807, 2.05) is 25.1 Å². The fourth-order valence-electron chi connectivity index (χ4n) is 3.27. The van der Waals surface area contributed by atoms with E-state index >= 15 is 0 Å². The SMILES string of the molecule is CCNC(=O)c1cc2c(=O)n3ccccc3nc2[n+](Cc2ccc(Cl)cc2)c1N. The number of hydrogen-bond acceptors (Lipinski definition) is 4.